The number of nitrogens with zero attached hydrogens (tertiary/aromatic N) is 1. The summed E-state index contributed by atoms with van der Waals surface area (Å²) in [6.07, 6.45) is -2.55. The monoisotopic (exact) mass is 455 g/mol. The number of likely N-dealkylation sites (tertiary alicyclic amines) is 1. The predicted octanol–water partition coefficient (Wildman–Crippen LogP) is 3.80. The van der Waals surface area contributed by atoms with Gasteiger partial charge in [-0.3, -0.25) is 9.69 Å². The van der Waals surface area contributed by atoms with Crippen molar-refractivity contribution in [3.63, 3.8) is 0 Å². The number of benzene rings is 1. The molecular formula is C23H32F3N3O3. The van der Waals surface area contributed by atoms with Gasteiger partial charge in [-0.2, -0.15) is 13.2 Å². The lowest BCUT2D eigenvalue weighted by molar-refractivity contribution is -0.137. The first kappa shape index (κ1) is 24.4. The van der Waals surface area contributed by atoms with Crippen LogP contribution in [0, 0.1) is 17.8 Å². The smallest absolute Gasteiger partial charge is 0.416 e. The van der Waals surface area contributed by atoms with Gasteiger partial charge >= 0.3 is 12.3 Å². The maximum atomic E-state index is 12.9. The Labute approximate surface area is 186 Å². The average Bonchev–Trinajstić information content (AvgIpc) is 3.27. The van der Waals surface area contributed by atoms with E-state index in [1.807, 2.05) is 13.8 Å². The summed E-state index contributed by atoms with van der Waals surface area (Å²) in [5.41, 5.74) is 0.205. The Balaban J connectivity index is 1.56. The van der Waals surface area contributed by atoms with Gasteiger partial charge in [0, 0.05) is 25.7 Å². The molecule has 2 fully saturated rings. The van der Waals surface area contributed by atoms with Crippen molar-refractivity contribution >= 4 is 12.0 Å². The van der Waals surface area contributed by atoms with E-state index in [9.17, 15) is 22.8 Å². The van der Waals surface area contributed by atoms with Gasteiger partial charge < -0.3 is 15.4 Å². The Morgan fingerprint density at radius 1 is 1.16 bits per heavy atom. The lowest BCUT2D eigenvalue weighted by Crippen LogP contribution is -2.51. The van der Waals surface area contributed by atoms with Gasteiger partial charge in [0.1, 0.15) is 6.04 Å². The lowest BCUT2D eigenvalue weighted by Gasteiger charge is -2.25. The zero-order valence-electron chi connectivity index (χ0n) is 18.7. The highest BCUT2D eigenvalue weighted by molar-refractivity contribution is 5.85. The number of hydrogen-bond acceptors (Lipinski definition) is 4. The number of carbonyl (C=O) groups excluding carboxylic acids is 2. The van der Waals surface area contributed by atoms with E-state index < -0.39 is 23.9 Å². The Bertz CT molecular complexity index is 798. The summed E-state index contributed by atoms with van der Waals surface area (Å²) in [6, 6.07) is 4.69. The summed E-state index contributed by atoms with van der Waals surface area (Å²) in [5, 5.41) is 5.76. The Morgan fingerprint density at radius 3 is 2.44 bits per heavy atom. The summed E-state index contributed by atoms with van der Waals surface area (Å²) in [5.74, 6) is 0.777. The molecule has 1 aliphatic heterocycles. The van der Waals surface area contributed by atoms with Crippen molar-refractivity contribution in [2.24, 2.45) is 17.8 Å². The topological polar surface area (TPSA) is 70.7 Å². The average molecular weight is 456 g/mol. The number of ether oxygens (including phenoxy) is 1. The number of alkyl halides is 3. The minimum atomic E-state index is -4.33. The molecule has 1 heterocycles. The van der Waals surface area contributed by atoms with Crippen LogP contribution in [-0.2, 0) is 22.3 Å². The molecule has 1 saturated carbocycles. The summed E-state index contributed by atoms with van der Waals surface area (Å²) in [4.78, 5) is 26.8. The lowest BCUT2D eigenvalue weighted by atomic mass is 9.97. The highest BCUT2D eigenvalue weighted by Gasteiger charge is 2.43. The van der Waals surface area contributed by atoms with Crippen molar-refractivity contribution < 1.29 is 27.5 Å². The quantitative estimate of drug-likeness (QED) is 0.656. The van der Waals surface area contributed by atoms with E-state index >= 15 is 0 Å². The van der Waals surface area contributed by atoms with E-state index in [1.54, 1.807) is 0 Å². The van der Waals surface area contributed by atoms with E-state index in [1.165, 1.54) is 19.2 Å². The van der Waals surface area contributed by atoms with Gasteiger partial charge in [-0.25, -0.2) is 4.79 Å². The summed E-state index contributed by atoms with van der Waals surface area (Å²) >= 11 is 0. The van der Waals surface area contributed by atoms with Gasteiger partial charge in [0.05, 0.1) is 12.7 Å². The molecule has 9 heteroatoms. The molecule has 0 aromatic heterocycles. The van der Waals surface area contributed by atoms with Crippen molar-refractivity contribution in [3.05, 3.63) is 35.4 Å². The van der Waals surface area contributed by atoms with Crippen LogP contribution in [0.1, 0.15) is 44.2 Å². The zero-order valence-corrected chi connectivity index (χ0v) is 18.7. The number of amides is 2. The highest BCUT2D eigenvalue weighted by atomic mass is 19.4. The predicted molar refractivity (Wildman–Crippen MR) is 114 cm³/mol. The Kier molecular flexibility index (Phi) is 7.69. The minimum Gasteiger partial charge on any atom is -0.453 e. The van der Waals surface area contributed by atoms with Crippen LogP contribution < -0.4 is 10.6 Å². The molecule has 178 valence electrons. The molecule has 0 unspecified atom stereocenters. The van der Waals surface area contributed by atoms with Crippen LogP contribution in [0.25, 0.3) is 0 Å². The van der Waals surface area contributed by atoms with Crippen molar-refractivity contribution in [2.45, 2.75) is 57.9 Å². The highest BCUT2D eigenvalue weighted by Crippen LogP contribution is 2.39. The third-order valence-corrected chi connectivity index (χ3v) is 6.45. The molecular weight excluding hydrogens is 423 g/mol. The van der Waals surface area contributed by atoms with Crippen LogP contribution in [0.5, 0.6) is 0 Å². The van der Waals surface area contributed by atoms with Gasteiger partial charge in [-0.1, -0.05) is 26.0 Å². The van der Waals surface area contributed by atoms with Gasteiger partial charge in [0.15, 0.2) is 0 Å². The second kappa shape index (κ2) is 10.1. The van der Waals surface area contributed by atoms with Crippen LogP contribution in [-0.4, -0.2) is 49.2 Å². The SMILES string of the molecule is COC(=O)N[C@@H](CC(C)C)C(=O)N[C@H]1CC[C@@H]2CN(Cc3ccc(C(F)(F)F)cc3)C[C@@H]21. The molecule has 4 atom stereocenters. The molecule has 2 N–H and O–H groups in total. The molecule has 1 aromatic carbocycles. The largest absolute Gasteiger partial charge is 0.453 e. The summed E-state index contributed by atoms with van der Waals surface area (Å²) < 4.78 is 43.0. The van der Waals surface area contributed by atoms with E-state index in [-0.39, 0.29) is 17.9 Å². The number of fused-ring (bicyclic) bond motifs is 1. The first-order valence-corrected chi connectivity index (χ1v) is 11.1. The van der Waals surface area contributed by atoms with Crippen LogP contribution in [0.4, 0.5) is 18.0 Å². The standard InChI is InChI=1S/C23H32F3N3O3/c1-14(2)10-20(28-22(31)32-3)21(30)27-19-9-6-16-12-29(13-18(16)19)11-15-4-7-17(8-5-15)23(24,25)26/h4-5,7-8,14,16,18-20H,6,9-13H2,1-3H3,(H,27,30)(H,28,31)/t16-,18+,19+,20+/m1/s1. The second-order valence-electron chi connectivity index (χ2n) is 9.32. The van der Waals surface area contributed by atoms with Gasteiger partial charge in [-0.05, 0) is 54.7 Å². The maximum Gasteiger partial charge on any atom is 0.416 e. The van der Waals surface area contributed by atoms with Crippen LogP contribution in [0.3, 0.4) is 0 Å². The molecule has 0 bridgehead atoms. The van der Waals surface area contributed by atoms with Gasteiger partial charge in [0.25, 0.3) is 0 Å². The Hall–Kier alpha value is -2.29. The van der Waals surface area contributed by atoms with E-state index in [4.69, 9.17) is 0 Å². The van der Waals surface area contributed by atoms with Gasteiger partial charge in [-0.15, -0.1) is 0 Å². The van der Waals surface area contributed by atoms with Gasteiger partial charge in [0.2, 0.25) is 5.91 Å². The first-order valence-electron chi connectivity index (χ1n) is 11.1. The molecule has 6 nitrogen and oxygen atoms in total. The first-order chi connectivity index (χ1) is 15.1. The maximum absolute atomic E-state index is 12.9. The van der Waals surface area contributed by atoms with E-state index in [2.05, 4.69) is 20.3 Å². The molecule has 1 aliphatic carbocycles. The van der Waals surface area contributed by atoms with E-state index in [0.717, 1.165) is 43.6 Å². The fourth-order valence-electron chi connectivity index (χ4n) is 4.91. The molecule has 0 spiro atoms. The fourth-order valence-corrected chi connectivity index (χ4v) is 4.91. The van der Waals surface area contributed by atoms with Crippen molar-refractivity contribution in [2.75, 3.05) is 20.2 Å². The fraction of sp³-hybridized carbons (Fsp3) is 0.652. The molecule has 1 aromatic rings. The molecule has 32 heavy (non-hydrogen) atoms. The third-order valence-electron chi connectivity index (χ3n) is 6.45. The number of methoxy groups -OCH3 is 1. The molecule has 3 rings (SSSR count). The van der Waals surface area contributed by atoms with Crippen molar-refractivity contribution in [1.82, 2.24) is 15.5 Å². The van der Waals surface area contributed by atoms with Crippen LogP contribution in [0.2, 0.25) is 0 Å². The molecule has 0 radical (unpaired) electrons. The summed E-state index contributed by atoms with van der Waals surface area (Å²) in [6.45, 7) is 6.22. The number of nitrogens with one attached hydrogen (secondary N) is 2. The number of hydrogen-bond donors (Lipinski definition) is 2. The normalized spacial score (nSPS) is 24.3. The minimum absolute atomic E-state index is 0.0271. The molecule has 2 amide bonds. The third kappa shape index (κ3) is 6.15. The van der Waals surface area contributed by atoms with Crippen LogP contribution in [0.15, 0.2) is 24.3 Å². The molecule has 2 aliphatic rings. The number of carbonyl (C=O) groups is 2. The second-order valence-corrected chi connectivity index (χ2v) is 9.32. The zero-order chi connectivity index (χ0) is 23.5. The number of rotatable bonds is 7. The number of halogens is 3. The number of alkyl carbamates (subject to hydrolysis) is 1. The van der Waals surface area contributed by atoms with Crippen molar-refractivity contribution in [3.8, 4) is 0 Å². The summed E-state index contributed by atoms with van der Waals surface area (Å²) in [7, 11) is 1.27. The Morgan fingerprint density at radius 2 is 1.84 bits per heavy atom. The molecule has 1 saturated heterocycles. The van der Waals surface area contributed by atoms with E-state index in [0.29, 0.717) is 24.8 Å². The van der Waals surface area contributed by atoms with Crippen LogP contribution >= 0.6 is 0 Å². The van der Waals surface area contributed by atoms with Crippen molar-refractivity contribution in [1.29, 1.82) is 0 Å².